The van der Waals surface area contributed by atoms with Gasteiger partial charge < -0.3 is 4.57 Å². The molecule has 0 spiro atoms. The zero-order valence-electron chi connectivity index (χ0n) is 16.7. The summed E-state index contributed by atoms with van der Waals surface area (Å²) in [5, 5.41) is 8.63. The van der Waals surface area contributed by atoms with Crippen molar-refractivity contribution in [2.45, 2.75) is 53.0 Å². The van der Waals surface area contributed by atoms with E-state index in [0.29, 0.717) is 0 Å². The van der Waals surface area contributed by atoms with Gasteiger partial charge in [-0.15, -0.1) is 11.3 Å². The van der Waals surface area contributed by atoms with Gasteiger partial charge in [-0.3, -0.25) is 4.79 Å². The van der Waals surface area contributed by atoms with Gasteiger partial charge in [0.05, 0.1) is 17.3 Å². The molecule has 28 heavy (non-hydrogen) atoms. The fourth-order valence-corrected chi connectivity index (χ4v) is 4.95. The first-order valence-electron chi connectivity index (χ1n) is 9.63. The van der Waals surface area contributed by atoms with Crippen molar-refractivity contribution in [2.24, 2.45) is 5.10 Å². The molecule has 1 aliphatic rings. The van der Waals surface area contributed by atoms with Crippen LogP contribution in [0.4, 0.5) is 0 Å². The van der Waals surface area contributed by atoms with E-state index in [1.807, 2.05) is 23.0 Å². The third-order valence-electron chi connectivity index (χ3n) is 5.18. The number of nitrogens with zero attached hydrogens (tertiary/aromatic N) is 4. The quantitative estimate of drug-likeness (QED) is 0.520. The van der Waals surface area contributed by atoms with Crippen molar-refractivity contribution in [3.63, 3.8) is 0 Å². The lowest BCUT2D eigenvalue weighted by atomic mass is 10.2. The molecule has 146 valence electrons. The molecule has 1 N–H and O–H groups in total. The molecule has 0 unspecified atom stereocenters. The molecule has 0 fully saturated rings. The highest BCUT2D eigenvalue weighted by molar-refractivity contribution is 7.14. The summed E-state index contributed by atoms with van der Waals surface area (Å²) in [7, 11) is 0. The van der Waals surface area contributed by atoms with E-state index >= 15 is 0 Å². The minimum atomic E-state index is -0.137. The number of thiophene rings is 1. The zero-order chi connectivity index (χ0) is 19.8. The summed E-state index contributed by atoms with van der Waals surface area (Å²) in [5.74, 6) is 0.893. The maximum absolute atomic E-state index is 12.4. The highest BCUT2D eigenvalue weighted by Crippen LogP contribution is 2.30. The van der Waals surface area contributed by atoms with Gasteiger partial charge in [0.2, 0.25) is 0 Å². The molecule has 4 rings (SSSR count). The standard InChI is InChI=1S/C21H25N5OS/c1-13(2)26-20(8-9-23-26)25-14(3)10-17(15(25)4)12-22-24-21(27)19-11-16-6-5-7-18(16)28-19/h8-13H,5-7H2,1-4H3,(H,24,27)/b22-12-. The molecule has 6 nitrogen and oxygen atoms in total. The number of hydrazone groups is 1. The van der Waals surface area contributed by atoms with E-state index in [0.717, 1.165) is 40.5 Å². The molecule has 3 aromatic heterocycles. The van der Waals surface area contributed by atoms with E-state index in [1.165, 1.54) is 16.9 Å². The molecule has 1 aliphatic carbocycles. The summed E-state index contributed by atoms with van der Waals surface area (Å²) in [6, 6.07) is 6.37. The fraction of sp³-hybridized carbons (Fsp3) is 0.381. The van der Waals surface area contributed by atoms with Crippen LogP contribution < -0.4 is 5.43 Å². The minimum absolute atomic E-state index is 0.137. The van der Waals surface area contributed by atoms with Gasteiger partial charge in [-0.2, -0.15) is 10.2 Å². The van der Waals surface area contributed by atoms with Crippen LogP contribution in [0.5, 0.6) is 0 Å². The molecule has 1 amide bonds. The Morgan fingerprint density at radius 2 is 2.14 bits per heavy atom. The van der Waals surface area contributed by atoms with Crippen molar-refractivity contribution in [3.8, 4) is 5.82 Å². The first-order chi connectivity index (χ1) is 13.5. The zero-order valence-corrected chi connectivity index (χ0v) is 17.5. The second-order valence-electron chi connectivity index (χ2n) is 7.50. The Hall–Kier alpha value is -2.67. The molecule has 0 bridgehead atoms. The van der Waals surface area contributed by atoms with Crippen molar-refractivity contribution in [1.29, 1.82) is 0 Å². The van der Waals surface area contributed by atoms with Crippen molar-refractivity contribution < 1.29 is 4.79 Å². The maximum atomic E-state index is 12.4. The molecule has 0 aromatic carbocycles. The number of rotatable bonds is 5. The van der Waals surface area contributed by atoms with Crippen LogP contribution >= 0.6 is 11.3 Å². The first kappa shape index (κ1) is 18.7. The first-order valence-corrected chi connectivity index (χ1v) is 10.4. The van der Waals surface area contributed by atoms with Crippen molar-refractivity contribution in [1.82, 2.24) is 19.8 Å². The van der Waals surface area contributed by atoms with Crippen molar-refractivity contribution in [2.75, 3.05) is 0 Å². The number of hydrogen-bond acceptors (Lipinski definition) is 4. The highest BCUT2D eigenvalue weighted by Gasteiger charge is 2.18. The van der Waals surface area contributed by atoms with Crippen LogP contribution in [0.1, 0.15) is 63.4 Å². The average Bonchev–Trinajstić information content (AvgIpc) is 3.38. The third-order valence-corrected chi connectivity index (χ3v) is 6.41. The molecular formula is C21H25N5OS. The Morgan fingerprint density at radius 3 is 2.89 bits per heavy atom. The Morgan fingerprint density at radius 1 is 1.32 bits per heavy atom. The van der Waals surface area contributed by atoms with Gasteiger partial charge in [0.1, 0.15) is 5.82 Å². The Kier molecular flexibility index (Phi) is 4.93. The average molecular weight is 396 g/mol. The number of fused-ring (bicyclic) bond motifs is 1. The number of aryl methyl sites for hydroxylation is 3. The van der Waals surface area contributed by atoms with Gasteiger partial charge in [-0.05, 0) is 64.7 Å². The number of aromatic nitrogens is 3. The SMILES string of the molecule is Cc1cc(/C=N\NC(=O)c2cc3c(s2)CCC3)c(C)n1-c1ccnn1C(C)C. The second kappa shape index (κ2) is 7.39. The topological polar surface area (TPSA) is 64.2 Å². The molecule has 0 radical (unpaired) electrons. The number of nitrogens with one attached hydrogen (secondary N) is 1. The van der Waals surface area contributed by atoms with E-state index in [1.54, 1.807) is 17.6 Å². The summed E-state index contributed by atoms with van der Waals surface area (Å²) >= 11 is 1.59. The van der Waals surface area contributed by atoms with E-state index in [-0.39, 0.29) is 11.9 Å². The van der Waals surface area contributed by atoms with Crippen LogP contribution in [0.25, 0.3) is 5.82 Å². The Labute approximate surface area is 168 Å². The van der Waals surface area contributed by atoms with Gasteiger partial charge in [0.15, 0.2) is 0 Å². The lowest BCUT2D eigenvalue weighted by molar-refractivity contribution is 0.0959. The van der Waals surface area contributed by atoms with Gasteiger partial charge in [-0.1, -0.05) is 0 Å². The van der Waals surface area contributed by atoms with Crippen LogP contribution in [-0.2, 0) is 12.8 Å². The van der Waals surface area contributed by atoms with Crippen molar-refractivity contribution >= 4 is 23.5 Å². The number of amides is 1. The van der Waals surface area contributed by atoms with E-state index in [9.17, 15) is 4.79 Å². The molecule has 0 aliphatic heterocycles. The number of carbonyl (C=O) groups excluding carboxylic acids is 1. The Balaban J connectivity index is 1.52. The van der Waals surface area contributed by atoms with Crippen molar-refractivity contribution in [3.05, 3.63) is 56.7 Å². The summed E-state index contributed by atoms with van der Waals surface area (Å²) in [4.78, 5) is 14.5. The number of hydrogen-bond donors (Lipinski definition) is 1. The van der Waals surface area contributed by atoms with Crippen LogP contribution in [0.15, 0.2) is 29.5 Å². The van der Waals surface area contributed by atoms with Crippen LogP contribution in [0.2, 0.25) is 0 Å². The van der Waals surface area contributed by atoms with E-state index in [4.69, 9.17) is 0 Å². The lowest BCUT2D eigenvalue weighted by Crippen LogP contribution is -2.16. The van der Waals surface area contributed by atoms with Crippen LogP contribution in [0.3, 0.4) is 0 Å². The monoisotopic (exact) mass is 395 g/mol. The minimum Gasteiger partial charge on any atom is -0.303 e. The summed E-state index contributed by atoms with van der Waals surface area (Å²) in [6.45, 7) is 8.34. The lowest BCUT2D eigenvalue weighted by Gasteiger charge is -2.14. The fourth-order valence-electron chi connectivity index (χ4n) is 3.81. The van der Waals surface area contributed by atoms with E-state index in [2.05, 4.69) is 54.0 Å². The smallest absolute Gasteiger partial charge is 0.281 e. The normalized spacial score (nSPS) is 13.6. The van der Waals surface area contributed by atoms with Crippen LogP contribution in [0, 0.1) is 13.8 Å². The predicted molar refractivity (Wildman–Crippen MR) is 113 cm³/mol. The molecule has 7 heteroatoms. The molecule has 3 heterocycles. The summed E-state index contributed by atoms with van der Waals surface area (Å²) < 4.78 is 4.17. The molecule has 0 saturated carbocycles. The summed E-state index contributed by atoms with van der Waals surface area (Å²) in [6.07, 6.45) is 6.91. The molecular weight excluding hydrogens is 370 g/mol. The van der Waals surface area contributed by atoms with Gasteiger partial charge in [0, 0.05) is 33.9 Å². The van der Waals surface area contributed by atoms with E-state index < -0.39 is 0 Å². The second-order valence-corrected chi connectivity index (χ2v) is 8.64. The third kappa shape index (κ3) is 3.30. The van der Waals surface area contributed by atoms with Gasteiger partial charge >= 0.3 is 0 Å². The largest absolute Gasteiger partial charge is 0.303 e. The molecule has 0 atom stereocenters. The Bertz CT molecular complexity index is 1030. The van der Waals surface area contributed by atoms with Gasteiger partial charge in [-0.25, -0.2) is 10.1 Å². The van der Waals surface area contributed by atoms with Crippen LogP contribution in [-0.4, -0.2) is 26.5 Å². The molecule has 0 saturated heterocycles. The predicted octanol–water partition coefficient (Wildman–Crippen LogP) is 4.19. The highest BCUT2D eigenvalue weighted by atomic mass is 32.1. The summed E-state index contributed by atoms with van der Waals surface area (Å²) in [5.41, 5.74) is 7.13. The van der Waals surface area contributed by atoms with Gasteiger partial charge in [0.25, 0.3) is 5.91 Å². The number of carbonyl (C=O) groups is 1. The molecule has 3 aromatic rings. The maximum Gasteiger partial charge on any atom is 0.281 e.